The molecule has 0 saturated carbocycles. The lowest BCUT2D eigenvalue weighted by Gasteiger charge is -2.40. The number of amides is 3. The number of benzene rings is 1. The van der Waals surface area contributed by atoms with Crippen LogP contribution in [0.4, 0.5) is 5.69 Å². The van der Waals surface area contributed by atoms with Crippen molar-refractivity contribution >= 4 is 23.4 Å². The van der Waals surface area contributed by atoms with Crippen molar-refractivity contribution in [3.63, 3.8) is 0 Å². The van der Waals surface area contributed by atoms with Crippen molar-refractivity contribution in [1.29, 1.82) is 0 Å². The van der Waals surface area contributed by atoms with Gasteiger partial charge in [-0.15, -0.1) is 0 Å². The summed E-state index contributed by atoms with van der Waals surface area (Å²) >= 11 is 0. The van der Waals surface area contributed by atoms with E-state index in [1.807, 2.05) is 31.2 Å². The van der Waals surface area contributed by atoms with E-state index in [0.29, 0.717) is 12.2 Å². The smallest absolute Gasteiger partial charge is 0.255 e. The normalized spacial score (nSPS) is 22.1. The molecule has 0 aliphatic carbocycles. The Bertz CT molecular complexity index is 956. The molecule has 152 valence electrons. The summed E-state index contributed by atoms with van der Waals surface area (Å²) in [6.45, 7) is 2.34. The first-order valence-electron chi connectivity index (χ1n) is 9.54. The van der Waals surface area contributed by atoms with Crippen molar-refractivity contribution in [2.45, 2.75) is 25.6 Å². The van der Waals surface area contributed by atoms with E-state index in [4.69, 9.17) is 4.74 Å². The Kier molecular flexibility index (Phi) is 5.06. The summed E-state index contributed by atoms with van der Waals surface area (Å²) in [5.41, 5.74) is 2.27. The number of hydrogen-bond donors (Lipinski definition) is 1. The third kappa shape index (κ3) is 3.61. The van der Waals surface area contributed by atoms with Gasteiger partial charge in [0.25, 0.3) is 5.91 Å². The molecule has 2 aromatic rings. The summed E-state index contributed by atoms with van der Waals surface area (Å²) < 4.78 is 7.35. The van der Waals surface area contributed by atoms with Gasteiger partial charge in [0.05, 0.1) is 12.2 Å². The number of anilines is 1. The maximum Gasteiger partial charge on any atom is 0.255 e. The molecule has 9 heteroatoms. The zero-order valence-electron chi connectivity index (χ0n) is 16.4. The second-order valence-electron chi connectivity index (χ2n) is 7.20. The lowest BCUT2D eigenvalue weighted by molar-refractivity contribution is -0.170. The lowest BCUT2D eigenvalue weighted by atomic mass is 9.99. The predicted molar refractivity (Wildman–Crippen MR) is 104 cm³/mol. The number of aromatic nitrogens is 2. The third-order valence-electron chi connectivity index (χ3n) is 5.28. The van der Waals surface area contributed by atoms with Crippen LogP contribution in [0.15, 0.2) is 36.7 Å². The molecular formula is C20H23N5O4. The number of aryl methyl sites for hydroxylation is 1. The molecule has 2 aliphatic rings. The van der Waals surface area contributed by atoms with Crippen LogP contribution in [0.25, 0.3) is 0 Å². The van der Waals surface area contributed by atoms with Crippen LogP contribution in [0.3, 0.4) is 0 Å². The maximum atomic E-state index is 13.5. The first-order chi connectivity index (χ1) is 14.0. The highest BCUT2D eigenvalue weighted by atomic mass is 16.5. The number of likely N-dealkylation sites (N-methyl/N-ethyl adjacent to an activating group) is 1. The maximum absolute atomic E-state index is 13.5. The van der Waals surface area contributed by atoms with Gasteiger partial charge in [0.1, 0.15) is 13.2 Å². The number of nitrogens with zero attached hydrogens (tertiary/aromatic N) is 4. The quantitative estimate of drug-likeness (QED) is 0.822. The molecular weight excluding hydrogens is 374 g/mol. The second-order valence-corrected chi connectivity index (χ2v) is 7.20. The number of carbonyl (C=O) groups excluding carboxylic acids is 3. The first-order valence-corrected chi connectivity index (χ1v) is 9.54. The molecule has 3 amide bonds. The zero-order valence-corrected chi connectivity index (χ0v) is 16.4. The van der Waals surface area contributed by atoms with E-state index in [1.165, 1.54) is 4.90 Å². The largest absolute Gasteiger partial charge is 0.356 e. The number of rotatable bonds is 3. The summed E-state index contributed by atoms with van der Waals surface area (Å²) in [5, 5.41) is 7.01. The summed E-state index contributed by atoms with van der Waals surface area (Å²) in [6, 6.07) is 6.80. The Hall–Kier alpha value is -3.20. The number of ether oxygens (including phenoxy) is 1. The molecule has 0 unspecified atom stereocenters. The van der Waals surface area contributed by atoms with Gasteiger partial charge < -0.3 is 19.9 Å². The summed E-state index contributed by atoms with van der Waals surface area (Å²) in [4.78, 5) is 41.4. The zero-order chi connectivity index (χ0) is 20.5. The van der Waals surface area contributed by atoms with E-state index >= 15 is 0 Å². The summed E-state index contributed by atoms with van der Waals surface area (Å²) in [7, 11) is 1.78. The topological polar surface area (TPSA) is 96.8 Å². The first kappa shape index (κ1) is 19.1. The van der Waals surface area contributed by atoms with E-state index in [-0.39, 0.29) is 37.4 Å². The van der Waals surface area contributed by atoms with Crippen molar-refractivity contribution < 1.29 is 19.1 Å². The molecule has 2 atom stereocenters. The highest BCUT2D eigenvalue weighted by Crippen LogP contribution is 2.32. The monoisotopic (exact) mass is 397 g/mol. The van der Waals surface area contributed by atoms with Crippen LogP contribution in [-0.2, 0) is 32.7 Å². The van der Waals surface area contributed by atoms with Gasteiger partial charge in [-0.05, 0) is 18.6 Å². The highest BCUT2D eigenvalue weighted by Gasteiger charge is 2.44. The van der Waals surface area contributed by atoms with E-state index in [1.54, 1.807) is 29.0 Å². The molecule has 1 N–H and O–H groups in total. The molecule has 0 radical (unpaired) electrons. The lowest BCUT2D eigenvalue weighted by Crippen LogP contribution is -2.55. The van der Waals surface area contributed by atoms with Gasteiger partial charge in [-0.3, -0.25) is 19.1 Å². The van der Waals surface area contributed by atoms with Crippen molar-refractivity contribution in [3.8, 4) is 0 Å². The fraction of sp³-hybridized carbons (Fsp3) is 0.400. The van der Waals surface area contributed by atoms with Gasteiger partial charge in [-0.25, -0.2) is 0 Å². The molecule has 3 heterocycles. The molecule has 29 heavy (non-hydrogen) atoms. The van der Waals surface area contributed by atoms with Gasteiger partial charge in [0.2, 0.25) is 11.8 Å². The fourth-order valence-corrected chi connectivity index (χ4v) is 3.92. The minimum atomic E-state index is -0.907. The molecule has 4 rings (SSSR count). The SMILES string of the molecule is CCN1C(=O)CO[C@H](C(=O)N2CC(=O)Nc3ccccc3C2)[C@H]1c1cnn(C)c1. The standard InChI is InChI=1S/C20H23N5O4/c1-3-25-17(27)12-29-19(18(25)14-8-21-23(2)9-14)20(28)24-10-13-6-4-5-7-15(13)22-16(26)11-24/h4-9,18-19H,3,10-12H2,1-2H3,(H,22,26)/t18-,19+/m1/s1. The Morgan fingerprint density at radius 2 is 2.07 bits per heavy atom. The highest BCUT2D eigenvalue weighted by molar-refractivity contribution is 5.97. The van der Waals surface area contributed by atoms with Crippen LogP contribution in [0.5, 0.6) is 0 Å². The van der Waals surface area contributed by atoms with Gasteiger partial charge >= 0.3 is 0 Å². The number of nitrogens with one attached hydrogen (secondary N) is 1. The third-order valence-corrected chi connectivity index (χ3v) is 5.28. The number of morpholine rings is 1. The Morgan fingerprint density at radius 3 is 2.79 bits per heavy atom. The van der Waals surface area contributed by atoms with Gasteiger partial charge in [-0.1, -0.05) is 18.2 Å². The Balaban J connectivity index is 1.67. The molecule has 1 saturated heterocycles. The molecule has 9 nitrogen and oxygen atoms in total. The van der Waals surface area contributed by atoms with Crippen molar-refractivity contribution in [2.24, 2.45) is 7.05 Å². The molecule has 2 aliphatic heterocycles. The second kappa shape index (κ2) is 7.67. The van der Waals surface area contributed by atoms with Crippen LogP contribution in [0.2, 0.25) is 0 Å². The average molecular weight is 397 g/mol. The molecule has 1 aromatic heterocycles. The van der Waals surface area contributed by atoms with E-state index in [0.717, 1.165) is 11.1 Å². The minimum absolute atomic E-state index is 0.0762. The molecule has 1 fully saturated rings. The van der Waals surface area contributed by atoms with E-state index < -0.39 is 12.1 Å². The van der Waals surface area contributed by atoms with Crippen LogP contribution >= 0.6 is 0 Å². The Morgan fingerprint density at radius 1 is 1.28 bits per heavy atom. The van der Waals surface area contributed by atoms with Crippen molar-refractivity contribution in [3.05, 3.63) is 47.8 Å². The predicted octanol–water partition coefficient (Wildman–Crippen LogP) is 0.689. The van der Waals surface area contributed by atoms with Crippen LogP contribution < -0.4 is 5.32 Å². The number of carbonyl (C=O) groups is 3. The average Bonchev–Trinajstić information content (AvgIpc) is 3.05. The molecule has 0 bridgehead atoms. The van der Waals surface area contributed by atoms with Gasteiger partial charge in [-0.2, -0.15) is 5.10 Å². The number of hydrogen-bond acceptors (Lipinski definition) is 5. The van der Waals surface area contributed by atoms with Crippen LogP contribution in [-0.4, -0.2) is 63.1 Å². The molecule has 0 spiro atoms. The van der Waals surface area contributed by atoms with Gasteiger partial charge in [0.15, 0.2) is 6.10 Å². The number of fused-ring (bicyclic) bond motifs is 1. The minimum Gasteiger partial charge on any atom is -0.356 e. The van der Waals surface area contributed by atoms with E-state index in [2.05, 4.69) is 10.4 Å². The van der Waals surface area contributed by atoms with Crippen molar-refractivity contribution in [2.75, 3.05) is 25.0 Å². The summed E-state index contributed by atoms with van der Waals surface area (Å²) in [5.74, 6) is -0.763. The van der Waals surface area contributed by atoms with Crippen LogP contribution in [0, 0.1) is 0 Å². The number of para-hydroxylation sites is 1. The summed E-state index contributed by atoms with van der Waals surface area (Å²) in [6.07, 6.45) is 2.51. The van der Waals surface area contributed by atoms with Crippen molar-refractivity contribution in [1.82, 2.24) is 19.6 Å². The Labute approximate surface area is 168 Å². The van der Waals surface area contributed by atoms with Crippen LogP contribution in [0.1, 0.15) is 24.1 Å². The van der Waals surface area contributed by atoms with E-state index in [9.17, 15) is 14.4 Å². The van der Waals surface area contributed by atoms with Gasteiger partial charge in [0, 0.05) is 37.6 Å². The molecule has 1 aromatic carbocycles. The fourth-order valence-electron chi connectivity index (χ4n) is 3.92.